The lowest BCUT2D eigenvalue weighted by molar-refractivity contribution is 0.0342. The fourth-order valence-corrected chi connectivity index (χ4v) is 5.02. The first-order valence-electron chi connectivity index (χ1n) is 12.9. The maximum atomic E-state index is 12.8. The second-order valence-corrected chi connectivity index (χ2v) is 10.4. The number of ether oxygens (including phenoxy) is 1. The monoisotopic (exact) mass is 556 g/mol. The Morgan fingerprint density at radius 2 is 1.72 bits per heavy atom. The van der Waals surface area contributed by atoms with Gasteiger partial charge < -0.3 is 31.7 Å². The van der Waals surface area contributed by atoms with E-state index in [0.29, 0.717) is 45.0 Å². The van der Waals surface area contributed by atoms with Crippen LogP contribution in [0.2, 0.25) is 5.15 Å². The molecule has 0 aliphatic carbocycles. The van der Waals surface area contributed by atoms with Gasteiger partial charge in [-0.3, -0.25) is 20.0 Å². The van der Waals surface area contributed by atoms with Crippen molar-refractivity contribution in [2.45, 2.75) is 31.5 Å². The molecule has 7 N–H and O–H groups in total. The number of halogens is 1. The molecule has 3 amide bonds. The summed E-state index contributed by atoms with van der Waals surface area (Å²) in [4.78, 5) is 41.8. The zero-order valence-corrected chi connectivity index (χ0v) is 22.3. The molecular formula is C25H33ClN10O3. The zero-order valence-electron chi connectivity index (χ0n) is 21.6. The topological polar surface area (TPSA) is 176 Å². The minimum Gasteiger partial charge on any atom is -0.382 e. The van der Waals surface area contributed by atoms with Crippen LogP contribution in [0.25, 0.3) is 0 Å². The van der Waals surface area contributed by atoms with Crippen molar-refractivity contribution in [3.63, 3.8) is 0 Å². The van der Waals surface area contributed by atoms with Gasteiger partial charge in [0.2, 0.25) is 0 Å². The first-order chi connectivity index (χ1) is 18.8. The number of urea groups is 1. The first-order valence-corrected chi connectivity index (χ1v) is 13.3. The molecule has 0 bridgehead atoms. The number of likely N-dealkylation sites (tertiary alicyclic amines) is 1. The summed E-state index contributed by atoms with van der Waals surface area (Å²) in [5.74, 6) is -0.430. The summed E-state index contributed by atoms with van der Waals surface area (Å²) in [6.45, 7) is 6.48. The number of piperidine rings is 1. The lowest BCUT2D eigenvalue weighted by atomic mass is 9.88. The van der Waals surface area contributed by atoms with Crippen molar-refractivity contribution >= 4 is 41.1 Å². The van der Waals surface area contributed by atoms with E-state index in [2.05, 4.69) is 60.1 Å². The van der Waals surface area contributed by atoms with Gasteiger partial charge in [0.15, 0.2) is 28.4 Å². The molecule has 1 aromatic carbocycles. The van der Waals surface area contributed by atoms with Crippen LogP contribution in [0.3, 0.4) is 0 Å². The molecule has 208 valence electrons. The molecule has 0 unspecified atom stereocenters. The SMILES string of the molecule is Nc1nc(N)c(C(=O)NC2=NCC3(CCN(C(=O)NCc4ccc(CN5CCOCC5)cc4)CC3)N2)nc1Cl. The van der Waals surface area contributed by atoms with Gasteiger partial charge in [0.1, 0.15) is 0 Å². The van der Waals surface area contributed by atoms with E-state index < -0.39 is 5.91 Å². The Hall–Kier alpha value is -3.68. The van der Waals surface area contributed by atoms with Crippen LogP contribution in [0.5, 0.6) is 0 Å². The number of nitrogen functional groups attached to an aromatic ring is 2. The van der Waals surface area contributed by atoms with Crippen LogP contribution in [0.1, 0.15) is 34.5 Å². The number of nitrogens with one attached hydrogen (secondary N) is 3. The minimum absolute atomic E-state index is 0.0471. The van der Waals surface area contributed by atoms with E-state index in [1.165, 1.54) is 5.56 Å². The number of aromatic nitrogens is 2. The second-order valence-electron chi connectivity index (χ2n) is 10.0. The van der Waals surface area contributed by atoms with Crippen LogP contribution < -0.4 is 27.4 Å². The Morgan fingerprint density at radius 1 is 1.03 bits per heavy atom. The highest BCUT2D eigenvalue weighted by Gasteiger charge is 2.40. The van der Waals surface area contributed by atoms with Gasteiger partial charge in [-0.1, -0.05) is 35.9 Å². The largest absolute Gasteiger partial charge is 0.382 e. The fraction of sp³-hybridized carbons (Fsp3) is 0.480. The smallest absolute Gasteiger partial charge is 0.317 e. The van der Waals surface area contributed by atoms with Gasteiger partial charge in [0.05, 0.1) is 25.3 Å². The number of hydrogen-bond donors (Lipinski definition) is 5. The molecule has 2 fully saturated rings. The number of benzene rings is 1. The van der Waals surface area contributed by atoms with Crippen LogP contribution in [0.4, 0.5) is 16.4 Å². The number of rotatable bonds is 5. The summed E-state index contributed by atoms with van der Waals surface area (Å²) in [6.07, 6.45) is 1.38. The number of nitrogens with zero attached hydrogens (tertiary/aromatic N) is 5. The van der Waals surface area contributed by atoms with E-state index in [0.717, 1.165) is 38.4 Å². The lowest BCUT2D eigenvalue weighted by Crippen LogP contribution is -2.57. The van der Waals surface area contributed by atoms with Crippen molar-refractivity contribution in [2.24, 2.45) is 4.99 Å². The highest BCUT2D eigenvalue weighted by atomic mass is 35.5. The molecule has 0 atom stereocenters. The lowest BCUT2D eigenvalue weighted by Gasteiger charge is -2.39. The van der Waals surface area contributed by atoms with Crippen LogP contribution in [-0.2, 0) is 17.8 Å². The summed E-state index contributed by atoms with van der Waals surface area (Å²) in [5, 5.41) is 8.90. The first kappa shape index (κ1) is 26.9. The molecule has 14 heteroatoms. The molecule has 0 saturated carbocycles. The van der Waals surface area contributed by atoms with Crippen molar-refractivity contribution in [1.29, 1.82) is 0 Å². The molecule has 1 aromatic heterocycles. The Bertz CT molecular complexity index is 1240. The van der Waals surface area contributed by atoms with E-state index in [1.54, 1.807) is 0 Å². The molecule has 1 spiro atoms. The Balaban J connectivity index is 1.05. The van der Waals surface area contributed by atoms with Gasteiger partial charge in [-0.2, -0.15) is 0 Å². The van der Waals surface area contributed by atoms with E-state index in [-0.39, 0.29) is 34.1 Å². The van der Waals surface area contributed by atoms with Crippen molar-refractivity contribution < 1.29 is 14.3 Å². The third-order valence-electron chi connectivity index (χ3n) is 7.26. The van der Waals surface area contributed by atoms with Gasteiger partial charge in [0.25, 0.3) is 5.91 Å². The third kappa shape index (κ3) is 6.49. The van der Waals surface area contributed by atoms with Gasteiger partial charge in [0, 0.05) is 39.3 Å². The molecule has 13 nitrogen and oxygen atoms in total. The molecule has 5 rings (SSSR count). The highest BCUT2D eigenvalue weighted by molar-refractivity contribution is 6.31. The highest BCUT2D eigenvalue weighted by Crippen LogP contribution is 2.26. The van der Waals surface area contributed by atoms with Crippen molar-refractivity contribution in [1.82, 2.24) is 35.7 Å². The van der Waals surface area contributed by atoms with Crippen molar-refractivity contribution in [3.05, 3.63) is 46.2 Å². The van der Waals surface area contributed by atoms with Crippen LogP contribution in [-0.4, -0.2) is 89.1 Å². The number of aliphatic imine (C=N–C) groups is 1. The van der Waals surface area contributed by atoms with Crippen LogP contribution >= 0.6 is 11.6 Å². The Labute approximate surface area is 231 Å². The molecule has 39 heavy (non-hydrogen) atoms. The van der Waals surface area contributed by atoms with E-state index in [4.69, 9.17) is 27.8 Å². The average Bonchev–Trinajstić information content (AvgIpc) is 3.32. The van der Waals surface area contributed by atoms with Gasteiger partial charge in [-0.05, 0) is 24.0 Å². The number of carbonyl (C=O) groups is 2. The molecule has 3 aliphatic rings. The standard InChI is InChI=1S/C25H33ClN10O3/c26-19-21(28)32-20(27)18(31-19)22(37)33-23-30-15-25(34-23)5-7-36(8-6-25)24(38)29-13-16-1-3-17(4-2-16)14-35-9-11-39-12-10-35/h1-4H,5-15H2,(H,29,38)(H4,27,28,32)(H2,30,33,34,37). The molecule has 4 heterocycles. The van der Waals surface area contributed by atoms with Gasteiger partial charge in [-0.25, -0.2) is 14.8 Å². The van der Waals surface area contributed by atoms with E-state index in [9.17, 15) is 9.59 Å². The number of morpholine rings is 1. The Morgan fingerprint density at radius 3 is 2.44 bits per heavy atom. The summed E-state index contributed by atoms with van der Waals surface area (Å²) >= 11 is 5.88. The number of amides is 3. The van der Waals surface area contributed by atoms with Crippen LogP contribution in [0.15, 0.2) is 29.3 Å². The summed E-state index contributed by atoms with van der Waals surface area (Å²) in [5.41, 5.74) is 13.2. The molecule has 2 saturated heterocycles. The van der Waals surface area contributed by atoms with Gasteiger partial charge >= 0.3 is 6.03 Å². The Kier molecular flexibility index (Phi) is 8.00. The van der Waals surface area contributed by atoms with Crippen LogP contribution in [0, 0.1) is 0 Å². The number of hydrogen-bond acceptors (Lipinski definition) is 10. The predicted molar refractivity (Wildman–Crippen MR) is 147 cm³/mol. The van der Waals surface area contributed by atoms with E-state index >= 15 is 0 Å². The number of nitrogens with two attached hydrogens (primary N) is 2. The maximum Gasteiger partial charge on any atom is 0.317 e. The summed E-state index contributed by atoms with van der Waals surface area (Å²) in [7, 11) is 0. The maximum absolute atomic E-state index is 12.8. The average molecular weight is 557 g/mol. The second kappa shape index (κ2) is 11.6. The quantitative estimate of drug-likeness (QED) is 0.352. The molecular weight excluding hydrogens is 524 g/mol. The number of anilines is 2. The molecule has 3 aliphatic heterocycles. The fourth-order valence-electron chi connectivity index (χ4n) is 4.90. The summed E-state index contributed by atoms with van der Waals surface area (Å²) < 4.78 is 5.41. The minimum atomic E-state index is -0.587. The van der Waals surface area contributed by atoms with Crippen molar-refractivity contribution in [2.75, 3.05) is 57.4 Å². The van der Waals surface area contributed by atoms with E-state index in [1.807, 2.05) is 4.90 Å². The predicted octanol–water partition coefficient (Wildman–Crippen LogP) is 0.560. The summed E-state index contributed by atoms with van der Waals surface area (Å²) in [6, 6.07) is 8.27. The van der Waals surface area contributed by atoms with Crippen molar-refractivity contribution in [3.8, 4) is 0 Å². The molecule has 2 aromatic rings. The van der Waals surface area contributed by atoms with Gasteiger partial charge in [-0.15, -0.1) is 0 Å². The number of guanidine groups is 1. The third-order valence-corrected chi connectivity index (χ3v) is 7.54. The normalized spacial score (nSPS) is 18.9. The number of carbonyl (C=O) groups excluding carboxylic acids is 2. The zero-order chi connectivity index (χ0) is 27.4. The molecule has 0 radical (unpaired) electrons.